The largest absolute Gasteiger partial charge is 0.351 e. The molecule has 1 aliphatic heterocycles. The molecule has 0 bridgehead atoms. The minimum atomic E-state index is -0.272. The molecule has 2 aliphatic rings. The quantitative estimate of drug-likeness (QED) is 0.807. The number of hydrogen-bond acceptors (Lipinski definition) is 2. The average Bonchev–Trinajstić information content (AvgIpc) is 2.37. The molecule has 2 unspecified atom stereocenters. The number of nitrogens with one attached hydrogen (secondary N) is 1. The summed E-state index contributed by atoms with van der Waals surface area (Å²) in [6, 6.07) is 0.161. The maximum absolute atomic E-state index is 11.3. The Balaban J connectivity index is 1.75. The lowest BCUT2D eigenvalue weighted by molar-refractivity contribution is 0.155. The Hall–Kier alpha value is -0.770. The van der Waals surface area contributed by atoms with E-state index in [1.807, 2.05) is 0 Å². The maximum atomic E-state index is 11.3. The number of nitrogens with two attached hydrogens (primary N) is 1. The molecule has 1 heterocycles. The third kappa shape index (κ3) is 3.87. The molecule has 104 valence electrons. The Kier molecular flexibility index (Phi) is 4.87. The first kappa shape index (κ1) is 13.7. The van der Waals surface area contributed by atoms with E-state index in [-0.39, 0.29) is 6.03 Å². The van der Waals surface area contributed by atoms with E-state index in [1.54, 1.807) is 4.90 Å². The zero-order valence-electron chi connectivity index (χ0n) is 11.5. The monoisotopic (exact) mass is 253 g/mol. The van der Waals surface area contributed by atoms with Gasteiger partial charge in [-0.15, -0.1) is 0 Å². The molecule has 1 saturated heterocycles. The molecule has 2 atom stereocenters. The van der Waals surface area contributed by atoms with Gasteiger partial charge in [0.15, 0.2) is 0 Å². The fourth-order valence-corrected chi connectivity index (χ4v) is 3.40. The number of piperidine rings is 1. The van der Waals surface area contributed by atoms with E-state index < -0.39 is 0 Å². The topological polar surface area (TPSA) is 58.4 Å². The van der Waals surface area contributed by atoms with Crippen LogP contribution >= 0.6 is 0 Å². The molecule has 0 radical (unpaired) electrons. The molecule has 0 aromatic heterocycles. The van der Waals surface area contributed by atoms with Crippen LogP contribution in [-0.4, -0.2) is 36.6 Å². The van der Waals surface area contributed by atoms with Crippen molar-refractivity contribution in [1.29, 1.82) is 0 Å². The highest BCUT2D eigenvalue weighted by molar-refractivity contribution is 5.72. The lowest BCUT2D eigenvalue weighted by atomic mass is 9.88. The fourth-order valence-electron chi connectivity index (χ4n) is 3.40. The summed E-state index contributed by atoms with van der Waals surface area (Å²) in [4.78, 5) is 13.1. The van der Waals surface area contributed by atoms with Gasteiger partial charge in [0.05, 0.1) is 0 Å². The van der Waals surface area contributed by atoms with Crippen molar-refractivity contribution in [2.75, 3.05) is 19.6 Å². The van der Waals surface area contributed by atoms with Crippen molar-refractivity contribution >= 4 is 6.03 Å². The van der Waals surface area contributed by atoms with Crippen molar-refractivity contribution in [3.05, 3.63) is 0 Å². The second-order valence-electron chi connectivity index (χ2n) is 6.19. The van der Waals surface area contributed by atoms with Gasteiger partial charge < -0.3 is 16.0 Å². The summed E-state index contributed by atoms with van der Waals surface area (Å²) in [6.07, 6.45) is 8.09. The number of likely N-dealkylation sites (tertiary alicyclic amines) is 1. The fraction of sp³-hybridized carbons (Fsp3) is 0.929. The minimum absolute atomic E-state index is 0.272. The molecule has 18 heavy (non-hydrogen) atoms. The first-order chi connectivity index (χ1) is 8.65. The number of carbonyl (C=O) groups excluding carboxylic acids is 1. The van der Waals surface area contributed by atoms with E-state index in [0.29, 0.717) is 12.0 Å². The number of amides is 2. The Labute approximate surface area is 110 Å². The van der Waals surface area contributed by atoms with E-state index >= 15 is 0 Å². The normalized spacial score (nSPS) is 30.4. The Morgan fingerprint density at radius 1 is 1.28 bits per heavy atom. The van der Waals surface area contributed by atoms with Gasteiger partial charge in [-0.1, -0.05) is 26.2 Å². The highest BCUT2D eigenvalue weighted by atomic mass is 16.2. The lowest BCUT2D eigenvalue weighted by Gasteiger charge is -2.37. The number of nitrogens with zero attached hydrogens (tertiary/aromatic N) is 1. The van der Waals surface area contributed by atoms with Gasteiger partial charge in [-0.2, -0.15) is 0 Å². The standard InChI is InChI=1S/C14H27N3O/c1-11-7-13(10-17(9-11)14(15)18)16-8-12-5-3-2-4-6-12/h11-13,16H,2-10H2,1H3,(H2,15,18). The van der Waals surface area contributed by atoms with E-state index in [1.165, 1.54) is 32.1 Å². The molecular weight excluding hydrogens is 226 g/mol. The van der Waals surface area contributed by atoms with Gasteiger partial charge in [0.25, 0.3) is 0 Å². The van der Waals surface area contributed by atoms with Gasteiger partial charge in [-0.25, -0.2) is 4.79 Å². The molecule has 1 saturated carbocycles. The number of rotatable bonds is 3. The van der Waals surface area contributed by atoms with Crippen LogP contribution in [0.25, 0.3) is 0 Å². The molecule has 4 heteroatoms. The molecule has 3 N–H and O–H groups in total. The Morgan fingerprint density at radius 3 is 2.67 bits per heavy atom. The van der Waals surface area contributed by atoms with Crippen LogP contribution < -0.4 is 11.1 Å². The summed E-state index contributed by atoms with van der Waals surface area (Å²) < 4.78 is 0. The van der Waals surface area contributed by atoms with Crippen LogP contribution in [0.3, 0.4) is 0 Å². The first-order valence-electron chi connectivity index (χ1n) is 7.43. The van der Waals surface area contributed by atoms with Crippen LogP contribution in [0.5, 0.6) is 0 Å². The molecule has 4 nitrogen and oxygen atoms in total. The molecule has 2 amide bonds. The first-order valence-corrected chi connectivity index (χ1v) is 7.43. The number of hydrogen-bond donors (Lipinski definition) is 2. The van der Waals surface area contributed by atoms with Gasteiger partial charge in [0.1, 0.15) is 0 Å². The Bertz CT molecular complexity index is 276. The van der Waals surface area contributed by atoms with Crippen molar-refractivity contribution < 1.29 is 4.79 Å². The van der Waals surface area contributed by atoms with Gasteiger partial charge in [0, 0.05) is 19.1 Å². The van der Waals surface area contributed by atoms with E-state index in [4.69, 9.17) is 5.73 Å². The molecule has 1 aliphatic carbocycles. The summed E-state index contributed by atoms with van der Waals surface area (Å²) >= 11 is 0. The second-order valence-corrected chi connectivity index (χ2v) is 6.19. The van der Waals surface area contributed by atoms with Gasteiger partial charge in [-0.05, 0) is 37.6 Å². The molecule has 2 fully saturated rings. The van der Waals surface area contributed by atoms with Crippen LogP contribution in [0.2, 0.25) is 0 Å². The smallest absolute Gasteiger partial charge is 0.314 e. The van der Waals surface area contributed by atoms with Crippen molar-refractivity contribution in [2.24, 2.45) is 17.6 Å². The van der Waals surface area contributed by atoms with E-state index in [0.717, 1.165) is 32.0 Å². The third-order valence-corrected chi connectivity index (χ3v) is 4.39. The molecule has 0 spiro atoms. The summed E-state index contributed by atoms with van der Waals surface area (Å²) in [5.74, 6) is 1.40. The van der Waals surface area contributed by atoms with Crippen LogP contribution in [0.4, 0.5) is 4.79 Å². The zero-order valence-corrected chi connectivity index (χ0v) is 11.5. The van der Waals surface area contributed by atoms with Crippen molar-refractivity contribution in [3.63, 3.8) is 0 Å². The number of carbonyl (C=O) groups is 1. The van der Waals surface area contributed by atoms with Gasteiger partial charge >= 0.3 is 6.03 Å². The van der Waals surface area contributed by atoms with E-state index in [9.17, 15) is 4.79 Å². The highest BCUT2D eigenvalue weighted by Gasteiger charge is 2.27. The molecule has 0 aromatic rings. The summed E-state index contributed by atoms with van der Waals surface area (Å²) in [6.45, 7) is 4.91. The molecular formula is C14H27N3O. The summed E-state index contributed by atoms with van der Waals surface area (Å²) in [5, 5.41) is 3.66. The summed E-state index contributed by atoms with van der Waals surface area (Å²) in [7, 11) is 0. The molecule has 0 aromatic carbocycles. The van der Waals surface area contributed by atoms with Crippen molar-refractivity contribution in [2.45, 2.75) is 51.5 Å². The SMILES string of the molecule is CC1CC(NCC2CCCCC2)CN(C(N)=O)C1. The van der Waals surface area contributed by atoms with Crippen molar-refractivity contribution in [1.82, 2.24) is 10.2 Å². The zero-order chi connectivity index (χ0) is 13.0. The Morgan fingerprint density at radius 2 is 2.00 bits per heavy atom. The number of primary amides is 1. The predicted octanol–water partition coefficient (Wildman–Crippen LogP) is 1.95. The van der Waals surface area contributed by atoms with Gasteiger partial charge in [-0.3, -0.25) is 0 Å². The average molecular weight is 253 g/mol. The van der Waals surface area contributed by atoms with Crippen LogP contribution in [-0.2, 0) is 0 Å². The number of urea groups is 1. The molecule has 2 rings (SSSR count). The lowest BCUT2D eigenvalue weighted by Crippen LogP contribution is -2.53. The third-order valence-electron chi connectivity index (χ3n) is 4.39. The second kappa shape index (κ2) is 6.41. The van der Waals surface area contributed by atoms with Crippen LogP contribution in [0.1, 0.15) is 45.4 Å². The van der Waals surface area contributed by atoms with Gasteiger partial charge in [0.2, 0.25) is 0 Å². The van der Waals surface area contributed by atoms with Crippen LogP contribution in [0.15, 0.2) is 0 Å². The van der Waals surface area contributed by atoms with E-state index in [2.05, 4.69) is 12.2 Å². The maximum Gasteiger partial charge on any atom is 0.314 e. The predicted molar refractivity (Wildman–Crippen MR) is 73.3 cm³/mol. The van der Waals surface area contributed by atoms with Crippen LogP contribution in [0, 0.1) is 11.8 Å². The minimum Gasteiger partial charge on any atom is -0.351 e. The summed E-state index contributed by atoms with van der Waals surface area (Å²) in [5.41, 5.74) is 5.39. The highest BCUT2D eigenvalue weighted by Crippen LogP contribution is 2.23. The van der Waals surface area contributed by atoms with Crippen molar-refractivity contribution in [3.8, 4) is 0 Å².